The number of hydrogen-bond acceptors (Lipinski definition) is 4. The fourth-order valence-electron chi connectivity index (χ4n) is 3.51. The lowest BCUT2D eigenvalue weighted by Gasteiger charge is -2.25. The smallest absolute Gasteiger partial charge is 0.300 e. The van der Waals surface area contributed by atoms with Crippen molar-refractivity contribution < 1.29 is 14.7 Å². The van der Waals surface area contributed by atoms with E-state index in [1.807, 2.05) is 49.6 Å². The van der Waals surface area contributed by atoms with Gasteiger partial charge in [0.1, 0.15) is 11.8 Å². The molecule has 1 atom stereocenters. The normalized spacial score (nSPS) is 18.4. The van der Waals surface area contributed by atoms with Crippen LogP contribution >= 0.6 is 22.9 Å². The van der Waals surface area contributed by atoms with Gasteiger partial charge in [0.05, 0.1) is 5.57 Å². The predicted molar refractivity (Wildman–Crippen MR) is 116 cm³/mol. The average Bonchev–Trinajstić information content (AvgIpc) is 3.23. The van der Waals surface area contributed by atoms with Gasteiger partial charge in [0.15, 0.2) is 0 Å². The molecule has 2 heterocycles. The van der Waals surface area contributed by atoms with Gasteiger partial charge in [-0.05, 0) is 55.1 Å². The predicted octanol–water partition coefficient (Wildman–Crippen LogP) is 5.64. The minimum Gasteiger partial charge on any atom is -0.507 e. The number of rotatable bonds is 3. The van der Waals surface area contributed by atoms with Crippen LogP contribution < -0.4 is 4.90 Å². The Morgan fingerprint density at radius 1 is 1.07 bits per heavy atom. The van der Waals surface area contributed by atoms with E-state index in [0.717, 1.165) is 16.0 Å². The quantitative estimate of drug-likeness (QED) is 0.336. The molecule has 0 bridgehead atoms. The molecule has 1 aromatic heterocycles. The molecule has 0 saturated carbocycles. The summed E-state index contributed by atoms with van der Waals surface area (Å²) in [4.78, 5) is 28.4. The zero-order valence-electron chi connectivity index (χ0n) is 15.8. The molecule has 3 aromatic rings. The van der Waals surface area contributed by atoms with E-state index in [2.05, 4.69) is 0 Å². The van der Waals surface area contributed by atoms with Crippen LogP contribution in [0.1, 0.15) is 27.6 Å². The van der Waals surface area contributed by atoms with Crippen LogP contribution in [0.2, 0.25) is 5.02 Å². The molecule has 0 spiro atoms. The van der Waals surface area contributed by atoms with E-state index in [1.165, 1.54) is 16.2 Å². The van der Waals surface area contributed by atoms with Gasteiger partial charge in [0, 0.05) is 21.2 Å². The minimum atomic E-state index is -0.708. The van der Waals surface area contributed by atoms with E-state index in [9.17, 15) is 14.7 Å². The highest BCUT2D eigenvalue weighted by Crippen LogP contribution is 2.44. The standard InChI is InChI=1S/C23H18ClNO3S/c1-13-6-8-17(9-7-13)25-19(22-14(2)10-11-29-22)18(21(27)23(25)28)20(26)15-4-3-5-16(24)12-15/h3-12,19,26H,1-2H3/b20-18-. The van der Waals surface area contributed by atoms with Gasteiger partial charge in [-0.1, -0.05) is 41.4 Å². The fourth-order valence-corrected chi connectivity index (χ4v) is 4.72. The molecule has 4 rings (SSSR count). The monoisotopic (exact) mass is 423 g/mol. The Kier molecular flexibility index (Phi) is 5.03. The van der Waals surface area contributed by atoms with Crippen LogP contribution in [0.3, 0.4) is 0 Å². The van der Waals surface area contributed by atoms with Gasteiger partial charge >= 0.3 is 0 Å². The van der Waals surface area contributed by atoms with Gasteiger partial charge in [0.2, 0.25) is 0 Å². The highest BCUT2D eigenvalue weighted by molar-refractivity contribution is 7.10. The number of carbonyl (C=O) groups is 2. The Hall–Kier alpha value is -2.89. The van der Waals surface area contributed by atoms with Crippen LogP contribution in [0.5, 0.6) is 0 Å². The Bertz CT molecular complexity index is 1150. The maximum Gasteiger partial charge on any atom is 0.300 e. The van der Waals surface area contributed by atoms with Gasteiger partial charge in [-0.2, -0.15) is 0 Å². The third-order valence-electron chi connectivity index (χ3n) is 5.00. The maximum atomic E-state index is 13.0. The Morgan fingerprint density at radius 2 is 1.79 bits per heavy atom. The summed E-state index contributed by atoms with van der Waals surface area (Å²) in [6, 6.07) is 15.3. The molecular weight excluding hydrogens is 406 g/mol. The first kappa shape index (κ1) is 19.4. The lowest BCUT2D eigenvalue weighted by molar-refractivity contribution is -0.132. The first-order valence-corrected chi connectivity index (χ1v) is 10.3. The van der Waals surface area contributed by atoms with E-state index >= 15 is 0 Å². The summed E-state index contributed by atoms with van der Waals surface area (Å²) in [6.07, 6.45) is 0. The van der Waals surface area contributed by atoms with Crippen molar-refractivity contribution in [2.45, 2.75) is 19.9 Å². The van der Waals surface area contributed by atoms with Crippen LogP contribution in [0.25, 0.3) is 5.76 Å². The molecular formula is C23H18ClNO3S. The number of thiophene rings is 1. The van der Waals surface area contributed by atoms with Gasteiger partial charge in [0.25, 0.3) is 11.7 Å². The van der Waals surface area contributed by atoms with Gasteiger partial charge in [-0.25, -0.2) is 0 Å². The first-order valence-electron chi connectivity index (χ1n) is 9.06. The van der Waals surface area contributed by atoms with E-state index in [1.54, 1.807) is 24.3 Å². The van der Waals surface area contributed by atoms with Crippen molar-refractivity contribution in [3.05, 3.63) is 92.1 Å². The zero-order valence-corrected chi connectivity index (χ0v) is 17.4. The Morgan fingerprint density at radius 3 is 2.41 bits per heavy atom. The first-order chi connectivity index (χ1) is 13.9. The second kappa shape index (κ2) is 7.50. The molecule has 1 aliphatic heterocycles. The molecule has 146 valence electrons. The highest BCUT2D eigenvalue weighted by atomic mass is 35.5. The van der Waals surface area contributed by atoms with E-state index in [4.69, 9.17) is 11.6 Å². The number of aryl methyl sites for hydroxylation is 2. The summed E-state index contributed by atoms with van der Waals surface area (Å²) in [6.45, 7) is 3.89. The van der Waals surface area contributed by atoms with Gasteiger partial charge < -0.3 is 5.11 Å². The number of ketones is 1. The van der Waals surface area contributed by atoms with Crippen molar-refractivity contribution in [1.29, 1.82) is 0 Å². The molecule has 0 radical (unpaired) electrons. The molecule has 0 aliphatic carbocycles. The van der Waals surface area contributed by atoms with E-state index in [0.29, 0.717) is 16.3 Å². The summed E-state index contributed by atoms with van der Waals surface area (Å²) in [5.41, 5.74) is 3.09. The lowest BCUT2D eigenvalue weighted by Crippen LogP contribution is -2.29. The Balaban J connectivity index is 1.96. The maximum absolute atomic E-state index is 13.0. The van der Waals surface area contributed by atoms with Crippen molar-refractivity contribution in [3.63, 3.8) is 0 Å². The number of aliphatic hydroxyl groups is 1. The third kappa shape index (κ3) is 3.37. The molecule has 1 aliphatic rings. The number of aliphatic hydroxyl groups excluding tert-OH is 1. The topological polar surface area (TPSA) is 57.6 Å². The number of Topliss-reactive ketones (excluding diaryl/α,β-unsaturated/α-hetero) is 1. The van der Waals surface area contributed by atoms with Crippen molar-refractivity contribution in [2.24, 2.45) is 0 Å². The number of amides is 1. The largest absolute Gasteiger partial charge is 0.507 e. The summed E-state index contributed by atoms with van der Waals surface area (Å²) >= 11 is 7.52. The fraction of sp³-hybridized carbons (Fsp3) is 0.130. The number of anilines is 1. The van der Waals surface area contributed by atoms with E-state index < -0.39 is 17.7 Å². The number of halogens is 1. The van der Waals surface area contributed by atoms with Crippen LogP contribution in [-0.2, 0) is 9.59 Å². The number of nitrogens with zero attached hydrogens (tertiary/aromatic N) is 1. The summed E-state index contributed by atoms with van der Waals surface area (Å²) in [5.74, 6) is -1.59. The second-order valence-corrected chi connectivity index (χ2v) is 8.37. The number of hydrogen-bond donors (Lipinski definition) is 1. The molecule has 1 unspecified atom stereocenters. The number of benzene rings is 2. The van der Waals surface area contributed by atoms with Crippen LogP contribution in [-0.4, -0.2) is 16.8 Å². The lowest BCUT2D eigenvalue weighted by atomic mass is 9.98. The van der Waals surface area contributed by atoms with Crippen molar-refractivity contribution >= 4 is 46.1 Å². The van der Waals surface area contributed by atoms with E-state index in [-0.39, 0.29) is 11.3 Å². The third-order valence-corrected chi connectivity index (χ3v) is 6.31. The average molecular weight is 424 g/mol. The number of carbonyl (C=O) groups excluding carboxylic acids is 2. The molecule has 29 heavy (non-hydrogen) atoms. The molecule has 6 heteroatoms. The summed E-state index contributed by atoms with van der Waals surface area (Å²) in [7, 11) is 0. The molecule has 1 saturated heterocycles. The van der Waals surface area contributed by atoms with Crippen molar-refractivity contribution in [1.82, 2.24) is 0 Å². The SMILES string of the molecule is Cc1ccc(N2C(=O)C(=O)/C(=C(\O)c3cccc(Cl)c3)C2c2sccc2C)cc1. The van der Waals surface area contributed by atoms with Gasteiger partial charge in [-0.3, -0.25) is 14.5 Å². The molecule has 1 amide bonds. The van der Waals surface area contributed by atoms with Crippen molar-refractivity contribution in [2.75, 3.05) is 4.90 Å². The van der Waals surface area contributed by atoms with Crippen LogP contribution in [0.15, 0.2) is 65.6 Å². The van der Waals surface area contributed by atoms with Crippen molar-refractivity contribution in [3.8, 4) is 0 Å². The van der Waals surface area contributed by atoms with Crippen LogP contribution in [0, 0.1) is 13.8 Å². The highest BCUT2D eigenvalue weighted by Gasteiger charge is 2.47. The molecule has 1 N–H and O–H groups in total. The molecule has 1 fully saturated rings. The zero-order chi connectivity index (χ0) is 20.7. The summed E-state index contributed by atoms with van der Waals surface area (Å²) in [5, 5.41) is 13.4. The molecule has 2 aromatic carbocycles. The Labute approximate surface area is 177 Å². The molecule has 4 nitrogen and oxygen atoms in total. The van der Waals surface area contributed by atoms with Crippen LogP contribution in [0.4, 0.5) is 5.69 Å². The second-order valence-electron chi connectivity index (χ2n) is 6.98. The minimum absolute atomic E-state index is 0.0726. The van der Waals surface area contributed by atoms with Gasteiger partial charge in [-0.15, -0.1) is 11.3 Å². The summed E-state index contributed by atoms with van der Waals surface area (Å²) < 4.78 is 0.